The molecule has 26 heavy (non-hydrogen) atoms. The first-order valence-electron chi connectivity index (χ1n) is 8.88. The number of esters is 1. The van der Waals surface area contributed by atoms with Crippen LogP contribution in [0.1, 0.15) is 50.4 Å². The number of rotatable bonds is 5. The van der Waals surface area contributed by atoms with Crippen LogP contribution in [0.3, 0.4) is 0 Å². The van der Waals surface area contributed by atoms with Gasteiger partial charge in [-0.3, -0.25) is 9.59 Å². The Morgan fingerprint density at radius 1 is 1.27 bits per heavy atom. The lowest BCUT2D eigenvalue weighted by molar-refractivity contribution is -0.142. The number of para-hydroxylation sites is 1. The Bertz CT molecular complexity index is 796. The van der Waals surface area contributed by atoms with E-state index in [-0.39, 0.29) is 36.2 Å². The molecule has 1 aliphatic rings. The number of carbonyl (C=O) groups excluding carboxylic acids is 2. The van der Waals surface area contributed by atoms with E-state index in [0.29, 0.717) is 0 Å². The number of ether oxygens (including phenoxy) is 1. The fourth-order valence-electron chi connectivity index (χ4n) is 3.55. The highest BCUT2D eigenvalue weighted by atomic mass is 16.5. The molecule has 3 rings (SSSR count). The van der Waals surface area contributed by atoms with Gasteiger partial charge < -0.3 is 10.1 Å². The van der Waals surface area contributed by atoms with E-state index in [9.17, 15) is 9.59 Å². The molecule has 0 spiro atoms. The molecule has 0 saturated carbocycles. The predicted octanol–water partition coefficient (Wildman–Crippen LogP) is 2.96. The zero-order valence-electron chi connectivity index (χ0n) is 15.5. The normalized spacial score (nSPS) is 18.0. The molecule has 0 aliphatic heterocycles. The highest BCUT2D eigenvalue weighted by Gasteiger charge is 2.35. The molecule has 138 valence electrons. The van der Waals surface area contributed by atoms with Crippen molar-refractivity contribution < 1.29 is 14.3 Å². The van der Waals surface area contributed by atoms with Crippen LogP contribution in [0.25, 0.3) is 5.69 Å². The number of methoxy groups -OCH3 is 1. The summed E-state index contributed by atoms with van der Waals surface area (Å²) in [6.07, 6.45) is 3.80. The van der Waals surface area contributed by atoms with E-state index in [0.717, 1.165) is 29.8 Å². The summed E-state index contributed by atoms with van der Waals surface area (Å²) in [5.74, 6) is -0.516. The average molecular weight is 355 g/mol. The monoisotopic (exact) mass is 355 g/mol. The molecule has 1 amide bonds. The van der Waals surface area contributed by atoms with E-state index in [1.54, 1.807) is 0 Å². The van der Waals surface area contributed by atoms with Crippen LogP contribution in [0.2, 0.25) is 0 Å². The summed E-state index contributed by atoms with van der Waals surface area (Å²) in [6.45, 7) is 4.40. The summed E-state index contributed by atoms with van der Waals surface area (Å²) in [5, 5.41) is 7.64. The Balaban J connectivity index is 1.82. The van der Waals surface area contributed by atoms with Crippen molar-refractivity contribution in [3.05, 3.63) is 47.8 Å². The Kier molecular flexibility index (Phi) is 5.11. The van der Waals surface area contributed by atoms with E-state index in [4.69, 9.17) is 0 Å². The fraction of sp³-hybridized carbons (Fsp3) is 0.450. The highest BCUT2D eigenvalue weighted by molar-refractivity contribution is 5.81. The third-order valence-electron chi connectivity index (χ3n) is 4.80. The summed E-state index contributed by atoms with van der Waals surface area (Å²) in [5.41, 5.74) is 3.24. The quantitative estimate of drug-likeness (QED) is 0.837. The molecule has 6 heteroatoms. The van der Waals surface area contributed by atoms with Crippen LogP contribution in [0.4, 0.5) is 0 Å². The lowest BCUT2D eigenvalue weighted by Crippen LogP contribution is -2.36. The van der Waals surface area contributed by atoms with Gasteiger partial charge in [-0.25, -0.2) is 4.68 Å². The van der Waals surface area contributed by atoms with Gasteiger partial charge in [0, 0.05) is 12.0 Å². The van der Waals surface area contributed by atoms with Crippen LogP contribution in [-0.4, -0.2) is 28.8 Å². The van der Waals surface area contributed by atoms with Crippen LogP contribution in [0, 0.1) is 5.41 Å². The van der Waals surface area contributed by atoms with Gasteiger partial charge in [-0.1, -0.05) is 32.0 Å². The second-order valence-corrected chi connectivity index (χ2v) is 7.54. The number of aromatic nitrogens is 2. The topological polar surface area (TPSA) is 73.2 Å². The third-order valence-corrected chi connectivity index (χ3v) is 4.80. The van der Waals surface area contributed by atoms with Gasteiger partial charge in [0.15, 0.2) is 0 Å². The van der Waals surface area contributed by atoms with Crippen molar-refractivity contribution in [2.45, 2.75) is 45.6 Å². The van der Waals surface area contributed by atoms with Crippen LogP contribution < -0.4 is 5.32 Å². The maximum Gasteiger partial charge on any atom is 0.306 e. The molecule has 1 aliphatic carbocycles. The lowest BCUT2D eigenvalue weighted by Gasteiger charge is -2.36. The molecule has 1 heterocycles. The minimum atomic E-state index is -0.373. The smallest absolute Gasteiger partial charge is 0.306 e. The molecule has 0 bridgehead atoms. The van der Waals surface area contributed by atoms with E-state index < -0.39 is 0 Å². The Labute approximate surface area is 153 Å². The first kappa shape index (κ1) is 18.2. The van der Waals surface area contributed by atoms with Crippen molar-refractivity contribution in [2.75, 3.05) is 7.11 Å². The molecule has 1 aromatic carbocycles. The number of nitrogens with zero attached hydrogens (tertiary/aromatic N) is 2. The molecule has 1 aromatic heterocycles. The fourth-order valence-corrected chi connectivity index (χ4v) is 3.55. The number of benzene rings is 1. The van der Waals surface area contributed by atoms with Gasteiger partial charge in [0.25, 0.3) is 0 Å². The van der Waals surface area contributed by atoms with Crippen LogP contribution in [-0.2, 0) is 20.7 Å². The van der Waals surface area contributed by atoms with Crippen molar-refractivity contribution in [2.24, 2.45) is 5.41 Å². The van der Waals surface area contributed by atoms with Crippen molar-refractivity contribution in [3.8, 4) is 5.69 Å². The zero-order chi connectivity index (χ0) is 18.7. The second kappa shape index (κ2) is 7.32. The summed E-state index contributed by atoms with van der Waals surface area (Å²) < 4.78 is 6.56. The average Bonchev–Trinajstić information content (AvgIpc) is 3.03. The van der Waals surface area contributed by atoms with Crippen molar-refractivity contribution >= 4 is 11.9 Å². The van der Waals surface area contributed by atoms with Crippen LogP contribution in [0.5, 0.6) is 0 Å². The summed E-state index contributed by atoms with van der Waals surface area (Å²) >= 11 is 0. The Morgan fingerprint density at radius 3 is 2.69 bits per heavy atom. The summed E-state index contributed by atoms with van der Waals surface area (Å²) in [7, 11) is 1.33. The number of nitrogens with one attached hydrogen (secondary N) is 1. The maximum absolute atomic E-state index is 12.3. The lowest BCUT2D eigenvalue weighted by atomic mass is 9.74. The number of hydrogen-bond donors (Lipinski definition) is 1. The minimum Gasteiger partial charge on any atom is -0.469 e. The van der Waals surface area contributed by atoms with Gasteiger partial charge in [-0.05, 0) is 30.4 Å². The summed E-state index contributed by atoms with van der Waals surface area (Å²) in [4.78, 5) is 23.5. The van der Waals surface area contributed by atoms with E-state index >= 15 is 0 Å². The van der Waals surface area contributed by atoms with Crippen LogP contribution in [0.15, 0.2) is 36.5 Å². The second-order valence-electron chi connectivity index (χ2n) is 7.54. The molecule has 1 atom stereocenters. The molecule has 2 aromatic rings. The van der Waals surface area contributed by atoms with E-state index in [1.807, 2.05) is 41.2 Å². The number of carbonyl (C=O) groups is 2. The van der Waals surface area contributed by atoms with E-state index in [2.05, 4.69) is 29.0 Å². The largest absolute Gasteiger partial charge is 0.469 e. The first-order valence-corrected chi connectivity index (χ1v) is 8.88. The van der Waals surface area contributed by atoms with Crippen molar-refractivity contribution in [3.63, 3.8) is 0 Å². The molecule has 0 radical (unpaired) electrons. The number of amides is 1. The van der Waals surface area contributed by atoms with Crippen molar-refractivity contribution in [1.82, 2.24) is 15.1 Å². The van der Waals surface area contributed by atoms with Crippen molar-refractivity contribution in [1.29, 1.82) is 0 Å². The number of fused-ring (bicyclic) bond motifs is 1. The molecular formula is C20H25N3O3. The first-order chi connectivity index (χ1) is 12.4. The maximum atomic E-state index is 12.3. The van der Waals surface area contributed by atoms with Gasteiger partial charge in [0.2, 0.25) is 5.91 Å². The zero-order valence-corrected chi connectivity index (χ0v) is 15.5. The van der Waals surface area contributed by atoms with Gasteiger partial charge in [-0.15, -0.1) is 0 Å². The predicted molar refractivity (Wildman–Crippen MR) is 97.8 cm³/mol. The molecule has 0 fully saturated rings. The molecule has 1 N–H and O–H groups in total. The molecule has 0 unspecified atom stereocenters. The third kappa shape index (κ3) is 3.95. The van der Waals surface area contributed by atoms with E-state index in [1.165, 1.54) is 7.11 Å². The molecular weight excluding hydrogens is 330 g/mol. The van der Waals surface area contributed by atoms with Crippen LogP contribution >= 0.6 is 0 Å². The number of hydrogen-bond acceptors (Lipinski definition) is 4. The van der Waals surface area contributed by atoms with Gasteiger partial charge in [-0.2, -0.15) is 5.10 Å². The Hall–Kier alpha value is -2.63. The van der Waals surface area contributed by atoms with Gasteiger partial charge in [0.05, 0.1) is 37.2 Å². The highest BCUT2D eigenvalue weighted by Crippen LogP contribution is 2.41. The SMILES string of the molecule is COC(=O)CCC(=O)N[C@@H]1CC(C)(C)Cc2c1cnn2-c1ccccc1. The Morgan fingerprint density at radius 2 is 2.00 bits per heavy atom. The molecule has 0 saturated heterocycles. The standard InChI is InChI=1S/C20H25N3O3/c1-20(2)11-16(22-18(24)9-10-19(25)26-3)15-13-21-23(17(15)12-20)14-7-5-4-6-8-14/h4-8,13,16H,9-12H2,1-3H3,(H,22,24)/t16-/m1/s1. The summed E-state index contributed by atoms with van der Waals surface area (Å²) in [6, 6.07) is 9.91. The molecule has 6 nitrogen and oxygen atoms in total. The van der Waals surface area contributed by atoms with Gasteiger partial charge >= 0.3 is 5.97 Å². The minimum absolute atomic E-state index is 0.0415. The van der Waals surface area contributed by atoms with Gasteiger partial charge in [0.1, 0.15) is 0 Å².